The van der Waals surface area contributed by atoms with Crippen LogP contribution in [-0.4, -0.2) is 92.5 Å². The van der Waals surface area contributed by atoms with Gasteiger partial charge in [-0.1, -0.05) is 51.6 Å². The molecule has 3 N–H and O–H groups in total. The van der Waals surface area contributed by atoms with Crippen molar-refractivity contribution < 1.29 is 37.1 Å². The van der Waals surface area contributed by atoms with Crippen molar-refractivity contribution in [3.05, 3.63) is 67.4 Å². The summed E-state index contributed by atoms with van der Waals surface area (Å²) in [7, 11) is -3.94. The van der Waals surface area contributed by atoms with Crippen molar-refractivity contribution in [1.29, 1.82) is 0 Å². The third-order valence-electron chi connectivity index (χ3n) is 8.27. The molecule has 2 fully saturated rings. The van der Waals surface area contributed by atoms with E-state index in [1.54, 1.807) is 64.8 Å². The normalized spacial score (nSPS) is 18.7. The summed E-state index contributed by atoms with van der Waals surface area (Å²) in [6.07, 6.45) is 6.50. The molecule has 3 heterocycles. The Morgan fingerprint density at radius 3 is 2.33 bits per heavy atom. The smallest absolute Gasteiger partial charge is 0.408 e. The third-order valence-corrected chi connectivity index (χ3v) is 10.1. The summed E-state index contributed by atoms with van der Waals surface area (Å²) < 4.78 is 40.5. The first-order valence-corrected chi connectivity index (χ1v) is 18.3. The average molecular weight is 737 g/mol. The minimum Gasteiger partial charge on any atom is -0.471 e. The van der Waals surface area contributed by atoms with E-state index in [1.165, 1.54) is 11.0 Å². The lowest BCUT2D eigenvalue weighted by atomic mass is 9.85. The molecule has 17 heteroatoms. The zero-order valence-electron chi connectivity index (χ0n) is 30.0. The highest BCUT2D eigenvalue weighted by Gasteiger charge is 2.47. The number of carbonyl (C=O) groups is 4. The van der Waals surface area contributed by atoms with E-state index in [0.29, 0.717) is 29.4 Å². The second-order valence-corrected chi connectivity index (χ2v) is 16.7. The first kappa shape index (κ1) is 37.9. The summed E-state index contributed by atoms with van der Waals surface area (Å²) in [4.78, 5) is 59.7. The van der Waals surface area contributed by atoms with Gasteiger partial charge in [0.05, 0.1) is 11.8 Å². The van der Waals surface area contributed by atoms with Crippen LogP contribution in [0.3, 0.4) is 0 Å². The zero-order chi connectivity index (χ0) is 38.0. The van der Waals surface area contributed by atoms with Gasteiger partial charge in [-0.2, -0.15) is 0 Å². The first-order valence-electron chi connectivity index (χ1n) is 16.8. The van der Waals surface area contributed by atoms with E-state index in [1.807, 2.05) is 29.0 Å². The Kier molecular flexibility index (Phi) is 10.7. The van der Waals surface area contributed by atoms with Crippen LogP contribution in [0.5, 0.6) is 5.88 Å². The van der Waals surface area contributed by atoms with Crippen molar-refractivity contribution >= 4 is 44.6 Å². The molecule has 278 valence electrons. The van der Waals surface area contributed by atoms with Crippen molar-refractivity contribution in [3.8, 4) is 11.7 Å². The molecule has 2 aliphatic rings. The van der Waals surface area contributed by atoms with Crippen LogP contribution in [0.1, 0.15) is 60.8 Å². The predicted molar refractivity (Wildman–Crippen MR) is 190 cm³/mol. The number of carbonyl (C=O) groups excluding carboxylic acids is 4. The van der Waals surface area contributed by atoms with Gasteiger partial charge < -0.3 is 25.0 Å². The molecule has 1 saturated heterocycles. The van der Waals surface area contributed by atoms with Crippen molar-refractivity contribution in [2.24, 2.45) is 5.41 Å². The number of likely N-dealkylation sites (tertiary alicyclic amines) is 1. The Labute approximate surface area is 302 Å². The summed E-state index contributed by atoms with van der Waals surface area (Å²) in [5, 5.41) is 14.5. The lowest BCUT2D eigenvalue weighted by Gasteiger charge is -2.35. The fourth-order valence-corrected chi connectivity index (χ4v) is 6.95. The first-order chi connectivity index (χ1) is 24.4. The lowest BCUT2D eigenvalue weighted by molar-refractivity contribution is -0.142. The Hall–Kier alpha value is -5.32. The van der Waals surface area contributed by atoms with E-state index in [4.69, 9.17) is 9.47 Å². The lowest BCUT2D eigenvalue weighted by Crippen LogP contribution is -2.58. The summed E-state index contributed by atoms with van der Waals surface area (Å²) in [6, 6.07) is 4.94. The van der Waals surface area contributed by atoms with Crippen LogP contribution in [0.15, 0.2) is 67.4 Å². The van der Waals surface area contributed by atoms with Crippen molar-refractivity contribution in [2.45, 2.75) is 89.8 Å². The second kappa shape index (κ2) is 14.7. The van der Waals surface area contributed by atoms with Crippen LogP contribution >= 0.6 is 0 Å². The van der Waals surface area contributed by atoms with Gasteiger partial charge in [0, 0.05) is 29.6 Å². The number of imidazole rings is 1. The largest absolute Gasteiger partial charge is 0.471 e. The number of fused-ring (bicyclic) bond motifs is 1. The number of benzene rings is 1. The van der Waals surface area contributed by atoms with Crippen LogP contribution in [0.25, 0.3) is 16.6 Å². The minimum atomic E-state index is -3.94. The van der Waals surface area contributed by atoms with Gasteiger partial charge in [0.2, 0.25) is 27.7 Å². The molecule has 1 aromatic carbocycles. The van der Waals surface area contributed by atoms with Crippen LogP contribution in [-0.2, 0) is 29.1 Å². The van der Waals surface area contributed by atoms with Crippen LogP contribution in [0, 0.1) is 5.41 Å². The molecular formula is C35H44N8O8S. The number of nitrogens with one attached hydrogen (secondary N) is 3. The SMILES string of the molecule is C=C/C=C(/NC(=O)[C@@H]1C[C@@H](Oc2nnc(-n3ccnc3)c3ccccc23)CN1C(=O)[C@@H](NC(=O)OC(C)(C)C)C(C)(C)C)C(=O)NS(=O)(=O)C1CC1. The van der Waals surface area contributed by atoms with Gasteiger partial charge in [0.25, 0.3) is 5.91 Å². The maximum atomic E-state index is 14.4. The molecule has 3 atom stereocenters. The topological polar surface area (TPSA) is 204 Å². The molecule has 3 aromatic rings. The molecule has 2 aromatic heterocycles. The summed E-state index contributed by atoms with van der Waals surface area (Å²) in [6.45, 7) is 13.8. The van der Waals surface area contributed by atoms with Crippen molar-refractivity contribution in [3.63, 3.8) is 0 Å². The van der Waals surface area contributed by atoms with Crippen LogP contribution in [0.4, 0.5) is 4.79 Å². The fourth-order valence-electron chi connectivity index (χ4n) is 5.65. The molecule has 16 nitrogen and oxygen atoms in total. The third kappa shape index (κ3) is 8.93. The number of hydrogen-bond acceptors (Lipinski definition) is 11. The number of allylic oxidation sites excluding steroid dienone is 2. The molecule has 1 aliphatic heterocycles. The van der Waals surface area contributed by atoms with E-state index in [-0.39, 0.29) is 24.5 Å². The summed E-state index contributed by atoms with van der Waals surface area (Å²) in [5.41, 5.74) is -2.07. The highest BCUT2D eigenvalue weighted by atomic mass is 32.2. The zero-order valence-corrected chi connectivity index (χ0v) is 30.8. The second-order valence-electron chi connectivity index (χ2n) is 14.8. The molecule has 4 amide bonds. The quantitative estimate of drug-likeness (QED) is 0.193. The van der Waals surface area contributed by atoms with Gasteiger partial charge in [-0.05, 0) is 51.2 Å². The number of sulfonamides is 1. The molecule has 0 radical (unpaired) electrons. The summed E-state index contributed by atoms with van der Waals surface area (Å²) in [5.74, 6) is -1.77. The summed E-state index contributed by atoms with van der Waals surface area (Å²) >= 11 is 0. The average Bonchev–Trinajstić information content (AvgIpc) is 3.63. The standard InChI is InChI=1S/C35H44N8O8S/c1-8-11-25(29(44)41-52(48,49)22-14-15-22)37-30(45)26-18-21(19-43(26)32(46)27(34(2,3)4)38-33(47)51-35(5,6)7)50-31-24-13-10-9-12-23(24)28(39-40-31)42-17-16-36-20-42/h8-13,16-17,20-22,26-27H,1,14-15,18-19H2,2-7H3,(H,37,45)(H,38,47)(H,41,44)/b25-11+/t21-,26+,27-/m1/s1. The van der Waals surface area contributed by atoms with E-state index in [9.17, 15) is 27.6 Å². The number of amides is 4. The highest BCUT2D eigenvalue weighted by molar-refractivity contribution is 7.91. The molecule has 1 aliphatic carbocycles. The van der Waals surface area contributed by atoms with Crippen molar-refractivity contribution in [2.75, 3.05) is 6.54 Å². The van der Waals surface area contributed by atoms with Crippen molar-refractivity contribution in [1.82, 2.24) is 40.0 Å². The van der Waals surface area contributed by atoms with Gasteiger partial charge in [-0.25, -0.2) is 22.9 Å². The Bertz CT molecular complexity index is 2000. The van der Waals surface area contributed by atoms with Gasteiger partial charge >= 0.3 is 6.09 Å². The molecule has 52 heavy (non-hydrogen) atoms. The Morgan fingerprint density at radius 1 is 1.04 bits per heavy atom. The monoisotopic (exact) mass is 736 g/mol. The number of hydrogen-bond donors (Lipinski definition) is 3. The van der Waals surface area contributed by atoms with Gasteiger partial charge in [-0.15, -0.1) is 10.2 Å². The van der Waals surface area contributed by atoms with E-state index >= 15 is 0 Å². The minimum absolute atomic E-state index is 0.0521. The molecule has 0 spiro atoms. The number of ether oxygens (including phenoxy) is 2. The molecule has 1 saturated carbocycles. The van der Waals surface area contributed by atoms with E-state index in [0.717, 1.165) is 6.08 Å². The molecule has 0 unspecified atom stereocenters. The van der Waals surface area contributed by atoms with E-state index in [2.05, 4.69) is 32.4 Å². The van der Waals surface area contributed by atoms with Gasteiger partial charge in [-0.3, -0.25) is 19.0 Å². The molecule has 0 bridgehead atoms. The Morgan fingerprint density at radius 2 is 1.73 bits per heavy atom. The van der Waals surface area contributed by atoms with Crippen LogP contribution < -0.4 is 20.1 Å². The molecule has 5 rings (SSSR count). The number of aromatic nitrogens is 4. The van der Waals surface area contributed by atoms with Crippen LogP contribution in [0.2, 0.25) is 0 Å². The maximum absolute atomic E-state index is 14.4. The van der Waals surface area contributed by atoms with Gasteiger partial charge in [0.1, 0.15) is 35.8 Å². The Balaban J connectivity index is 1.46. The highest BCUT2D eigenvalue weighted by Crippen LogP contribution is 2.32. The molecular weight excluding hydrogens is 693 g/mol. The van der Waals surface area contributed by atoms with Gasteiger partial charge in [0.15, 0.2) is 5.82 Å². The van der Waals surface area contributed by atoms with E-state index < -0.39 is 68.3 Å². The predicted octanol–water partition coefficient (Wildman–Crippen LogP) is 2.90. The number of rotatable bonds is 11. The fraction of sp³-hybridized carbons (Fsp3) is 0.457. The maximum Gasteiger partial charge on any atom is 0.408 e. The number of alkyl carbamates (subject to hydrolysis) is 1. The number of nitrogens with zero attached hydrogens (tertiary/aromatic N) is 5.